The first-order valence-electron chi connectivity index (χ1n) is 5.42. The van der Waals surface area contributed by atoms with Gasteiger partial charge in [-0.3, -0.25) is 0 Å². The van der Waals surface area contributed by atoms with Crippen LogP contribution in [0.4, 0.5) is 0 Å². The SMILES string of the molecule is CSc1ccccc1C(O)Cc1nc(C)cs1. The maximum Gasteiger partial charge on any atom is 0.0957 e. The summed E-state index contributed by atoms with van der Waals surface area (Å²) in [5.41, 5.74) is 2.02. The maximum atomic E-state index is 10.2. The highest BCUT2D eigenvalue weighted by Gasteiger charge is 2.13. The second kappa shape index (κ2) is 5.67. The lowest BCUT2D eigenvalue weighted by Crippen LogP contribution is -2.03. The molecule has 0 aliphatic carbocycles. The standard InChI is InChI=1S/C13H15NOS2/c1-9-8-17-13(14-9)7-11(15)10-5-3-4-6-12(10)16-2/h3-6,8,11,15H,7H2,1-2H3. The Kier molecular flexibility index (Phi) is 4.20. The second-order valence-corrected chi connectivity index (χ2v) is 5.64. The number of aromatic nitrogens is 1. The predicted molar refractivity (Wildman–Crippen MR) is 73.7 cm³/mol. The Balaban J connectivity index is 2.16. The molecule has 1 unspecified atom stereocenters. The summed E-state index contributed by atoms with van der Waals surface area (Å²) in [6.07, 6.45) is 2.15. The molecular weight excluding hydrogens is 250 g/mol. The number of thioether (sulfide) groups is 1. The number of aryl methyl sites for hydroxylation is 1. The summed E-state index contributed by atoms with van der Waals surface area (Å²) in [6.45, 7) is 1.97. The van der Waals surface area contributed by atoms with Gasteiger partial charge in [0.1, 0.15) is 0 Å². The van der Waals surface area contributed by atoms with Gasteiger partial charge < -0.3 is 5.11 Å². The molecule has 90 valence electrons. The van der Waals surface area contributed by atoms with Gasteiger partial charge in [0.25, 0.3) is 0 Å². The Bertz CT molecular complexity index is 496. The molecule has 1 heterocycles. The molecule has 1 N–H and O–H groups in total. The second-order valence-electron chi connectivity index (χ2n) is 3.84. The van der Waals surface area contributed by atoms with Gasteiger partial charge >= 0.3 is 0 Å². The number of hydrogen-bond acceptors (Lipinski definition) is 4. The lowest BCUT2D eigenvalue weighted by atomic mass is 10.1. The van der Waals surface area contributed by atoms with Crippen molar-refractivity contribution in [1.82, 2.24) is 4.98 Å². The van der Waals surface area contributed by atoms with Crippen LogP contribution >= 0.6 is 23.1 Å². The number of hydrogen-bond donors (Lipinski definition) is 1. The predicted octanol–water partition coefficient (Wildman–Crippen LogP) is 3.45. The van der Waals surface area contributed by atoms with Crippen molar-refractivity contribution in [3.05, 3.63) is 45.9 Å². The monoisotopic (exact) mass is 265 g/mol. The quantitative estimate of drug-likeness (QED) is 0.860. The average molecular weight is 265 g/mol. The van der Waals surface area contributed by atoms with Crippen LogP contribution in [-0.2, 0) is 6.42 Å². The summed E-state index contributed by atoms with van der Waals surface area (Å²) >= 11 is 3.27. The Morgan fingerprint density at radius 3 is 2.82 bits per heavy atom. The first kappa shape index (κ1) is 12.6. The lowest BCUT2D eigenvalue weighted by molar-refractivity contribution is 0.175. The highest BCUT2D eigenvalue weighted by atomic mass is 32.2. The highest BCUT2D eigenvalue weighted by Crippen LogP contribution is 2.28. The third-order valence-corrected chi connectivity index (χ3v) is 4.33. The van der Waals surface area contributed by atoms with E-state index in [-0.39, 0.29) is 0 Å². The summed E-state index contributed by atoms with van der Waals surface area (Å²) < 4.78 is 0. The Hall–Kier alpha value is -0.840. The molecule has 0 spiro atoms. The van der Waals surface area contributed by atoms with Gasteiger partial charge in [0.15, 0.2) is 0 Å². The van der Waals surface area contributed by atoms with Gasteiger partial charge in [-0.2, -0.15) is 0 Å². The molecule has 0 radical (unpaired) electrons. The number of aliphatic hydroxyl groups excluding tert-OH is 1. The molecule has 0 bridgehead atoms. The van der Waals surface area contributed by atoms with E-state index in [1.165, 1.54) is 0 Å². The van der Waals surface area contributed by atoms with Crippen molar-refractivity contribution in [2.45, 2.75) is 24.3 Å². The Morgan fingerprint density at radius 1 is 1.41 bits per heavy atom. The molecule has 1 aromatic heterocycles. The van der Waals surface area contributed by atoms with Crippen molar-refractivity contribution in [3.63, 3.8) is 0 Å². The third kappa shape index (κ3) is 3.09. The Morgan fingerprint density at radius 2 is 2.18 bits per heavy atom. The average Bonchev–Trinajstić information content (AvgIpc) is 2.74. The molecule has 0 aliphatic heterocycles. The normalized spacial score (nSPS) is 12.6. The zero-order chi connectivity index (χ0) is 12.3. The van der Waals surface area contributed by atoms with E-state index in [1.807, 2.05) is 42.8 Å². The summed E-state index contributed by atoms with van der Waals surface area (Å²) in [5.74, 6) is 0. The van der Waals surface area contributed by atoms with E-state index in [0.29, 0.717) is 6.42 Å². The number of benzene rings is 1. The molecule has 0 saturated carbocycles. The van der Waals surface area contributed by atoms with Gasteiger partial charge in [0, 0.05) is 22.4 Å². The molecule has 0 amide bonds. The van der Waals surface area contributed by atoms with E-state index in [9.17, 15) is 5.11 Å². The highest BCUT2D eigenvalue weighted by molar-refractivity contribution is 7.98. The molecular formula is C13H15NOS2. The van der Waals surface area contributed by atoms with E-state index in [4.69, 9.17) is 0 Å². The molecule has 2 rings (SSSR count). The van der Waals surface area contributed by atoms with Gasteiger partial charge in [-0.1, -0.05) is 18.2 Å². The topological polar surface area (TPSA) is 33.1 Å². The van der Waals surface area contributed by atoms with E-state index < -0.39 is 6.10 Å². The Labute approximate surface area is 110 Å². The van der Waals surface area contributed by atoms with E-state index in [2.05, 4.69) is 4.98 Å². The molecule has 17 heavy (non-hydrogen) atoms. The third-order valence-electron chi connectivity index (χ3n) is 2.53. The van der Waals surface area contributed by atoms with Crippen LogP contribution in [-0.4, -0.2) is 16.3 Å². The van der Waals surface area contributed by atoms with Gasteiger partial charge in [-0.25, -0.2) is 4.98 Å². The number of thiazole rings is 1. The smallest absolute Gasteiger partial charge is 0.0957 e. The van der Waals surface area contributed by atoms with Crippen LogP contribution in [0.5, 0.6) is 0 Å². The number of nitrogens with zero attached hydrogens (tertiary/aromatic N) is 1. The van der Waals surface area contributed by atoms with E-state index in [1.54, 1.807) is 23.1 Å². The van der Waals surface area contributed by atoms with Crippen LogP contribution in [0.3, 0.4) is 0 Å². The fourth-order valence-corrected chi connectivity index (χ4v) is 3.18. The van der Waals surface area contributed by atoms with Crippen molar-refractivity contribution in [3.8, 4) is 0 Å². The van der Waals surface area contributed by atoms with Crippen LogP contribution in [0.1, 0.15) is 22.4 Å². The van der Waals surface area contributed by atoms with Crippen LogP contribution in [0.25, 0.3) is 0 Å². The maximum absolute atomic E-state index is 10.2. The van der Waals surface area contributed by atoms with Crippen LogP contribution < -0.4 is 0 Å². The van der Waals surface area contributed by atoms with Gasteiger partial charge in [0.05, 0.1) is 11.1 Å². The zero-order valence-corrected chi connectivity index (χ0v) is 11.5. The summed E-state index contributed by atoms with van der Waals surface area (Å²) in [7, 11) is 0. The van der Waals surface area contributed by atoms with E-state index in [0.717, 1.165) is 21.2 Å². The van der Waals surface area contributed by atoms with Crippen molar-refractivity contribution in [2.24, 2.45) is 0 Å². The van der Waals surface area contributed by atoms with Crippen molar-refractivity contribution in [2.75, 3.05) is 6.26 Å². The minimum atomic E-state index is -0.468. The lowest BCUT2D eigenvalue weighted by Gasteiger charge is -2.12. The van der Waals surface area contributed by atoms with Crippen molar-refractivity contribution in [1.29, 1.82) is 0 Å². The van der Waals surface area contributed by atoms with Gasteiger partial charge in [-0.15, -0.1) is 23.1 Å². The fraction of sp³-hybridized carbons (Fsp3) is 0.308. The van der Waals surface area contributed by atoms with Crippen LogP contribution in [0.15, 0.2) is 34.5 Å². The van der Waals surface area contributed by atoms with E-state index >= 15 is 0 Å². The summed E-state index contributed by atoms with van der Waals surface area (Å²) in [6, 6.07) is 7.98. The molecule has 0 fully saturated rings. The molecule has 2 aromatic rings. The summed E-state index contributed by atoms with van der Waals surface area (Å²) in [4.78, 5) is 5.52. The molecule has 4 heteroatoms. The van der Waals surface area contributed by atoms with Crippen LogP contribution in [0.2, 0.25) is 0 Å². The molecule has 0 saturated heterocycles. The largest absolute Gasteiger partial charge is 0.388 e. The molecule has 1 aromatic carbocycles. The summed E-state index contributed by atoms with van der Waals surface area (Å²) in [5, 5.41) is 13.3. The van der Waals surface area contributed by atoms with Crippen molar-refractivity contribution < 1.29 is 5.11 Å². The van der Waals surface area contributed by atoms with Crippen LogP contribution in [0, 0.1) is 6.92 Å². The minimum Gasteiger partial charge on any atom is -0.388 e. The molecule has 1 atom stereocenters. The van der Waals surface area contributed by atoms with Gasteiger partial charge in [-0.05, 0) is 24.8 Å². The number of aliphatic hydroxyl groups is 1. The first-order chi connectivity index (χ1) is 8.20. The minimum absolute atomic E-state index is 0.468. The fourth-order valence-electron chi connectivity index (χ4n) is 1.71. The van der Waals surface area contributed by atoms with Crippen molar-refractivity contribution >= 4 is 23.1 Å². The number of rotatable bonds is 4. The van der Waals surface area contributed by atoms with Gasteiger partial charge in [0.2, 0.25) is 0 Å². The molecule has 0 aliphatic rings. The first-order valence-corrected chi connectivity index (χ1v) is 7.53. The zero-order valence-electron chi connectivity index (χ0n) is 9.88. The molecule has 2 nitrogen and oxygen atoms in total.